The molecule has 1 aromatic rings. The number of hydrogen-bond donors (Lipinski definition) is 2. The summed E-state index contributed by atoms with van der Waals surface area (Å²) in [7, 11) is -8.00. The fraction of sp³-hybridized carbons (Fsp3) is 0.562. The molecule has 25 heavy (non-hydrogen) atoms. The summed E-state index contributed by atoms with van der Waals surface area (Å²) in [6.45, 7) is 4.41. The number of benzene rings is 1. The van der Waals surface area contributed by atoms with Gasteiger partial charge in [0.25, 0.3) is 20.2 Å². The van der Waals surface area contributed by atoms with Gasteiger partial charge in [-0.2, -0.15) is 21.4 Å². The second kappa shape index (κ2) is 7.14. The van der Waals surface area contributed by atoms with Crippen LogP contribution in [0.2, 0.25) is 0 Å². The highest BCUT2D eigenvalue weighted by molar-refractivity contribution is 7.86. The van der Waals surface area contributed by atoms with Crippen LogP contribution in [0, 0.1) is 0 Å². The summed E-state index contributed by atoms with van der Waals surface area (Å²) in [5.41, 5.74) is 2.62. The van der Waals surface area contributed by atoms with Crippen molar-refractivity contribution < 1.29 is 30.5 Å². The molecule has 1 aliphatic rings. The van der Waals surface area contributed by atoms with E-state index in [4.69, 9.17) is 9.11 Å². The van der Waals surface area contributed by atoms with Gasteiger partial charge >= 0.3 is 0 Å². The number of nitrogens with zero attached hydrogens (tertiary/aromatic N) is 1. The molecule has 0 amide bonds. The van der Waals surface area contributed by atoms with Crippen molar-refractivity contribution in [3.63, 3.8) is 0 Å². The zero-order valence-corrected chi connectivity index (χ0v) is 16.0. The van der Waals surface area contributed by atoms with Gasteiger partial charge in [-0.3, -0.25) is 9.11 Å². The summed E-state index contributed by atoms with van der Waals surface area (Å²) in [6.07, 6.45) is 1.15. The SMILES string of the molecule is CC1=[N+](CCCS(=O)(=O)O)c2ccccc2C1(C)CCCS(=O)(=O)O. The van der Waals surface area contributed by atoms with Gasteiger partial charge < -0.3 is 0 Å². The predicted octanol–water partition coefficient (Wildman–Crippen LogP) is 2.01. The molecule has 0 saturated heterocycles. The third-order valence-electron chi connectivity index (χ3n) is 4.86. The van der Waals surface area contributed by atoms with Crippen LogP contribution in [-0.4, -0.2) is 54.3 Å². The predicted molar refractivity (Wildman–Crippen MR) is 95.9 cm³/mol. The zero-order chi connectivity index (χ0) is 18.9. The minimum Gasteiger partial charge on any atom is -0.286 e. The Labute approximate surface area is 148 Å². The van der Waals surface area contributed by atoms with Crippen LogP contribution in [0.1, 0.15) is 38.7 Å². The number of para-hydroxylation sites is 1. The van der Waals surface area contributed by atoms with Crippen LogP contribution in [0.5, 0.6) is 0 Å². The molecule has 0 saturated carbocycles. The van der Waals surface area contributed by atoms with Crippen molar-refractivity contribution >= 4 is 31.6 Å². The van der Waals surface area contributed by atoms with Crippen LogP contribution in [-0.2, 0) is 25.7 Å². The molecule has 0 aromatic heterocycles. The molecule has 0 spiro atoms. The quantitative estimate of drug-likeness (QED) is 0.519. The van der Waals surface area contributed by atoms with Crippen LogP contribution in [0.15, 0.2) is 24.3 Å². The molecule has 7 nitrogen and oxygen atoms in total. The highest BCUT2D eigenvalue weighted by Gasteiger charge is 2.45. The number of fused-ring (bicyclic) bond motifs is 1. The first-order chi connectivity index (χ1) is 11.4. The third kappa shape index (κ3) is 4.87. The summed E-state index contributed by atoms with van der Waals surface area (Å²) in [5, 5.41) is 0. The number of hydrogen-bond acceptors (Lipinski definition) is 4. The van der Waals surface area contributed by atoms with E-state index in [0.29, 0.717) is 19.4 Å². The van der Waals surface area contributed by atoms with Crippen LogP contribution in [0.25, 0.3) is 0 Å². The maximum absolute atomic E-state index is 11.0. The lowest BCUT2D eigenvalue weighted by atomic mass is 9.76. The first-order valence-corrected chi connectivity index (χ1v) is 11.3. The van der Waals surface area contributed by atoms with Gasteiger partial charge in [0.15, 0.2) is 5.71 Å². The zero-order valence-electron chi connectivity index (χ0n) is 14.3. The summed E-state index contributed by atoms with van der Waals surface area (Å²) in [5.74, 6) is -0.598. The molecular formula is C16H24NO6S2+. The summed E-state index contributed by atoms with van der Waals surface area (Å²) in [4.78, 5) is 0. The second-order valence-corrected chi connectivity index (χ2v) is 9.76. The largest absolute Gasteiger partial charge is 0.286 e. The van der Waals surface area contributed by atoms with Gasteiger partial charge in [0.1, 0.15) is 6.54 Å². The van der Waals surface area contributed by atoms with E-state index in [1.54, 1.807) is 0 Å². The van der Waals surface area contributed by atoms with E-state index in [1.807, 2.05) is 42.7 Å². The van der Waals surface area contributed by atoms with E-state index in [2.05, 4.69) is 0 Å². The van der Waals surface area contributed by atoms with Crippen LogP contribution >= 0.6 is 0 Å². The molecule has 140 valence electrons. The maximum Gasteiger partial charge on any atom is 0.265 e. The molecule has 9 heteroatoms. The van der Waals surface area contributed by atoms with Crippen molar-refractivity contribution in [1.82, 2.24) is 0 Å². The first-order valence-electron chi connectivity index (χ1n) is 8.05. The lowest BCUT2D eigenvalue weighted by molar-refractivity contribution is -0.438. The Hall–Kier alpha value is -1.29. The Morgan fingerprint density at radius 2 is 1.56 bits per heavy atom. The fourth-order valence-electron chi connectivity index (χ4n) is 3.47. The van der Waals surface area contributed by atoms with Crippen LogP contribution in [0.4, 0.5) is 5.69 Å². The van der Waals surface area contributed by atoms with Crippen molar-refractivity contribution in [2.45, 2.75) is 38.5 Å². The van der Waals surface area contributed by atoms with Gasteiger partial charge in [0.05, 0.1) is 16.9 Å². The summed E-state index contributed by atoms with van der Waals surface area (Å²) in [6, 6.07) is 7.73. The van der Waals surface area contributed by atoms with Gasteiger partial charge in [0.2, 0.25) is 5.69 Å². The van der Waals surface area contributed by atoms with Gasteiger partial charge in [0, 0.05) is 25.0 Å². The van der Waals surface area contributed by atoms with E-state index in [9.17, 15) is 16.8 Å². The topological polar surface area (TPSA) is 112 Å². The summed E-state index contributed by atoms with van der Waals surface area (Å²) < 4.78 is 63.8. The molecule has 1 heterocycles. The average molecular weight is 391 g/mol. The molecule has 0 bridgehead atoms. The molecule has 1 atom stereocenters. The van der Waals surface area contributed by atoms with Crippen LogP contribution in [0.3, 0.4) is 0 Å². The smallest absolute Gasteiger partial charge is 0.265 e. The lowest BCUT2D eigenvalue weighted by Gasteiger charge is -2.21. The van der Waals surface area contributed by atoms with Gasteiger partial charge in [-0.25, -0.2) is 0 Å². The number of rotatable bonds is 8. The van der Waals surface area contributed by atoms with Crippen molar-refractivity contribution in [1.29, 1.82) is 0 Å². The Bertz CT molecular complexity index is 889. The Morgan fingerprint density at radius 1 is 1.00 bits per heavy atom. The van der Waals surface area contributed by atoms with Crippen molar-refractivity contribution in [3.05, 3.63) is 29.8 Å². The fourth-order valence-corrected chi connectivity index (χ4v) is 4.47. The molecule has 1 aliphatic heterocycles. The monoisotopic (exact) mass is 390 g/mol. The molecule has 1 unspecified atom stereocenters. The molecular weight excluding hydrogens is 366 g/mol. The van der Waals surface area contributed by atoms with Gasteiger partial charge in [-0.05, 0) is 19.8 Å². The van der Waals surface area contributed by atoms with Crippen molar-refractivity contribution in [2.24, 2.45) is 0 Å². The van der Waals surface area contributed by atoms with Gasteiger partial charge in [-0.15, -0.1) is 0 Å². The molecule has 0 radical (unpaired) electrons. The maximum atomic E-state index is 11.0. The van der Waals surface area contributed by atoms with E-state index in [0.717, 1.165) is 17.0 Å². The Balaban J connectivity index is 2.27. The van der Waals surface area contributed by atoms with Crippen molar-refractivity contribution in [2.75, 3.05) is 18.1 Å². The Morgan fingerprint density at radius 3 is 2.16 bits per heavy atom. The minimum absolute atomic E-state index is 0.283. The lowest BCUT2D eigenvalue weighted by Crippen LogP contribution is -2.31. The standard InChI is InChI=1S/C16H23NO6S2/c1-13-16(2,9-5-11-24(18,19)20)14-7-3-4-8-15(14)17(13)10-6-12-25(21,22)23/h3-4,7-8H,5-6,9-12H2,1-2H3,(H-,18,19,20,21,22,23)/p+1. The highest BCUT2D eigenvalue weighted by Crippen LogP contribution is 2.42. The molecule has 2 rings (SSSR count). The van der Waals surface area contributed by atoms with Crippen LogP contribution < -0.4 is 0 Å². The normalized spacial score (nSPS) is 20.8. The highest BCUT2D eigenvalue weighted by atomic mass is 32.2. The van der Waals surface area contributed by atoms with E-state index in [-0.39, 0.29) is 23.3 Å². The average Bonchev–Trinajstić information content (AvgIpc) is 2.67. The van der Waals surface area contributed by atoms with E-state index in [1.165, 1.54) is 0 Å². The first kappa shape index (κ1) is 20.0. The van der Waals surface area contributed by atoms with E-state index < -0.39 is 20.2 Å². The third-order valence-corrected chi connectivity index (χ3v) is 6.46. The Kier molecular flexibility index (Phi) is 5.72. The molecule has 1 aromatic carbocycles. The second-order valence-electron chi connectivity index (χ2n) is 6.62. The molecule has 2 N–H and O–H groups in total. The van der Waals surface area contributed by atoms with E-state index >= 15 is 0 Å². The summed E-state index contributed by atoms with van der Waals surface area (Å²) >= 11 is 0. The molecule has 0 aliphatic carbocycles. The minimum atomic E-state index is -4.00. The molecule has 0 fully saturated rings. The van der Waals surface area contributed by atoms with Crippen molar-refractivity contribution in [3.8, 4) is 0 Å². The van der Waals surface area contributed by atoms with Gasteiger partial charge in [-0.1, -0.05) is 18.2 Å².